The number of benzene rings is 2. The van der Waals surface area contributed by atoms with Gasteiger partial charge in [-0.3, -0.25) is 4.79 Å². The number of aromatic nitrogens is 3. The second-order valence-electron chi connectivity index (χ2n) is 6.87. The predicted molar refractivity (Wildman–Crippen MR) is 123 cm³/mol. The van der Waals surface area contributed by atoms with Crippen molar-refractivity contribution in [3.8, 4) is 10.7 Å². The van der Waals surface area contributed by atoms with Crippen molar-refractivity contribution in [1.29, 1.82) is 0 Å². The van der Waals surface area contributed by atoms with Crippen LogP contribution in [-0.4, -0.2) is 25.9 Å². The number of nitrogens with zero attached hydrogens (tertiary/aromatic N) is 3. The Kier molecular flexibility index (Phi) is 6.30. The van der Waals surface area contributed by atoms with Crippen LogP contribution >= 0.6 is 23.1 Å². The summed E-state index contributed by atoms with van der Waals surface area (Å²) < 4.78 is 1.94. The van der Waals surface area contributed by atoms with Crippen molar-refractivity contribution in [2.45, 2.75) is 23.4 Å². The topological polar surface area (TPSA) is 59.8 Å². The Morgan fingerprint density at radius 3 is 2.17 bits per heavy atom. The molecule has 2 heterocycles. The summed E-state index contributed by atoms with van der Waals surface area (Å²) in [5, 5.41) is 14.2. The minimum absolute atomic E-state index is 0.0432. The summed E-state index contributed by atoms with van der Waals surface area (Å²) in [7, 11) is 1.93. The van der Waals surface area contributed by atoms with Crippen LogP contribution in [0.5, 0.6) is 0 Å². The van der Waals surface area contributed by atoms with Gasteiger partial charge >= 0.3 is 0 Å². The van der Waals surface area contributed by atoms with Gasteiger partial charge in [0.1, 0.15) is 0 Å². The molecule has 5 nitrogen and oxygen atoms in total. The summed E-state index contributed by atoms with van der Waals surface area (Å²) in [4.78, 5) is 14.1. The molecule has 2 aromatic heterocycles. The zero-order chi connectivity index (χ0) is 20.9. The highest BCUT2D eigenvalue weighted by Gasteiger charge is 2.23. The molecule has 0 aliphatic carbocycles. The monoisotopic (exact) mass is 434 g/mol. The quantitative estimate of drug-likeness (QED) is 0.419. The zero-order valence-corrected chi connectivity index (χ0v) is 18.4. The normalized spacial score (nSPS) is 12.1. The molecule has 0 radical (unpaired) electrons. The van der Waals surface area contributed by atoms with Crippen molar-refractivity contribution in [2.75, 3.05) is 0 Å². The van der Waals surface area contributed by atoms with Gasteiger partial charge in [-0.1, -0.05) is 78.5 Å². The number of nitrogens with one attached hydrogen (secondary N) is 1. The van der Waals surface area contributed by atoms with Crippen LogP contribution in [0.25, 0.3) is 10.7 Å². The van der Waals surface area contributed by atoms with E-state index in [1.54, 1.807) is 11.3 Å². The summed E-state index contributed by atoms with van der Waals surface area (Å²) in [6, 6.07) is 23.8. The molecule has 0 saturated carbocycles. The van der Waals surface area contributed by atoms with E-state index in [0.717, 1.165) is 27.0 Å². The molecule has 0 aliphatic heterocycles. The van der Waals surface area contributed by atoms with Gasteiger partial charge in [0, 0.05) is 7.05 Å². The van der Waals surface area contributed by atoms with Crippen molar-refractivity contribution in [2.24, 2.45) is 7.05 Å². The fourth-order valence-electron chi connectivity index (χ4n) is 3.16. The summed E-state index contributed by atoms with van der Waals surface area (Å²) in [5.41, 5.74) is 2.10. The number of carbonyl (C=O) groups excluding carboxylic acids is 1. The van der Waals surface area contributed by atoms with Crippen molar-refractivity contribution < 1.29 is 4.79 Å². The van der Waals surface area contributed by atoms with Crippen molar-refractivity contribution in [3.63, 3.8) is 0 Å². The molecule has 0 saturated heterocycles. The van der Waals surface area contributed by atoms with Crippen LogP contribution in [0.3, 0.4) is 0 Å². The van der Waals surface area contributed by atoms with Gasteiger partial charge < -0.3 is 9.88 Å². The molecule has 0 fully saturated rings. The molecule has 30 heavy (non-hydrogen) atoms. The minimum atomic E-state index is -0.320. The molecular weight excluding hydrogens is 412 g/mol. The van der Waals surface area contributed by atoms with Crippen LogP contribution in [0.2, 0.25) is 0 Å². The summed E-state index contributed by atoms with van der Waals surface area (Å²) in [5.74, 6) is 0.768. The molecule has 1 unspecified atom stereocenters. The Bertz CT molecular complexity index is 1060. The fraction of sp³-hybridized carbons (Fsp3) is 0.174. The van der Waals surface area contributed by atoms with Gasteiger partial charge in [-0.25, -0.2) is 0 Å². The maximum Gasteiger partial charge on any atom is 0.234 e. The standard InChI is InChI=1S/C23H22N4OS2/c1-16(30-23-26-25-21(27(23)2)19-14-9-15-29-19)22(28)24-20(17-10-5-3-6-11-17)18-12-7-4-8-13-18/h3-16,20H,1-2H3,(H,24,28). The van der Waals surface area contributed by atoms with E-state index in [1.165, 1.54) is 11.8 Å². The molecule has 0 spiro atoms. The third-order valence-corrected chi connectivity index (χ3v) is 6.78. The number of amides is 1. The average molecular weight is 435 g/mol. The van der Waals surface area contributed by atoms with E-state index < -0.39 is 0 Å². The van der Waals surface area contributed by atoms with E-state index >= 15 is 0 Å². The first-order valence-electron chi connectivity index (χ1n) is 9.63. The van der Waals surface area contributed by atoms with Gasteiger partial charge in [-0.15, -0.1) is 21.5 Å². The Hall–Kier alpha value is -2.90. The Morgan fingerprint density at radius 2 is 1.60 bits per heavy atom. The number of rotatable bonds is 7. The zero-order valence-electron chi connectivity index (χ0n) is 16.7. The highest BCUT2D eigenvalue weighted by atomic mass is 32.2. The lowest BCUT2D eigenvalue weighted by Gasteiger charge is -2.22. The van der Waals surface area contributed by atoms with Gasteiger partial charge in [0.05, 0.1) is 16.2 Å². The summed E-state index contributed by atoms with van der Waals surface area (Å²) >= 11 is 3.03. The molecule has 4 rings (SSSR count). The van der Waals surface area contributed by atoms with Crippen molar-refractivity contribution in [1.82, 2.24) is 20.1 Å². The molecule has 0 aliphatic rings. The molecule has 7 heteroatoms. The third-order valence-electron chi connectivity index (χ3n) is 4.78. The summed E-state index contributed by atoms with van der Waals surface area (Å²) in [6.07, 6.45) is 0. The average Bonchev–Trinajstić information content (AvgIpc) is 3.43. The molecular formula is C23H22N4OS2. The van der Waals surface area contributed by atoms with E-state index in [4.69, 9.17) is 0 Å². The third kappa shape index (κ3) is 4.47. The molecule has 152 valence electrons. The van der Waals surface area contributed by atoms with Crippen molar-refractivity contribution in [3.05, 3.63) is 89.3 Å². The van der Waals surface area contributed by atoms with Crippen LogP contribution < -0.4 is 5.32 Å². The molecule has 2 aromatic carbocycles. The van der Waals surface area contributed by atoms with Gasteiger partial charge in [0.15, 0.2) is 11.0 Å². The number of hydrogen-bond acceptors (Lipinski definition) is 5. The van der Waals surface area contributed by atoms with Crippen LogP contribution in [0.4, 0.5) is 0 Å². The first-order chi connectivity index (χ1) is 14.6. The smallest absolute Gasteiger partial charge is 0.234 e. The van der Waals surface area contributed by atoms with E-state index in [1.807, 2.05) is 96.7 Å². The Balaban J connectivity index is 1.51. The van der Waals surface area contributed by atoms with Crippen LogP contribution in [0, 0.1) is 0 Å². The largest absolute Gasteiger partial charge is 0.344 e. The number of carbonyl (C=O) groups is 1. The lowest BCUT2D eigenvalue weighted by atomic mass is 9.98. The second kappa shape index (κ2) is 9.28. The Morgan fingerprint density at radius 1 is 0.967 bits per heavy atom. The van der Waals surface area contributed by atoms with E-state index in [9.17, 15) is 4.79 Å². The highest BCUT2D eigenvalue weighted by molar-refractivity contribution is 8.00. The lowest BCUT2D eigenvalue weighted by Crippen LogP contribution is -2.35. The van der Waals surface area contributed by atoms with E-state index in [-0.39, 0.29) is 17.2 Å². The predicted octanol–water partition coefficient (Wildman–Crippen LogP) is 4.93. The molecule has 1 N–H and O–H groups in total. The second-order valence-corrected chi connectivity index (χ2v) is 9.12. The van der Waals surface area contributed by atoms with E-state index in [0.29, 0.717) is 0 Å². The number of thiophene rings is 1. The maximum absolute atomic E-state index is 13.1. The Labute approximate surface area is 184 Å². The first-order valence-corrected chi connectivity index (χ1v) is 11.4. The van der Waals surface area contributed by atoms with Gasteiger partial charge in [0.2, 0.25) is 5.91 Å². The molecule has 4 aromatic rings. The van der Waals surface area contributed by atoms with Crippen LogP contribution in [0.15, 0.2) is 83.3 Å². The fourth-order valence-corrected chi connectivity index (χ4v) is 4.73. The molecule has 1 amide bonds. The van der Waals surface area contributed by atoms with Gasteiger partial charge in [-0.05, 0) is 29.5 Å². The number of thioether (sulfide) groups is 1. The lowest BCUT2D eigenvalue weighted by molar-refractivity contribution is -0.120. The summed E-state index contributed by atoms with van der Waals surface area (Å²) in [6.45, 7) is 1.90. The van der Waals surface area contributed by atoms with Gasteiger partial charge in [-0.2, -0.15) is 0 Å². The molecule has 1 atom stereocenters. The SMILES string of the molecule is CC(Sc1nnc(-c2cccs2)n1C)C(=O)NC(c1ccccc1)c1ccccc1. The van der Waals surface area contributed by atoms with Crippen LogP contribution in [0.1, 0.15) is 24.1 Å². The molecule has 0 bridgehead atoms. The maximum atomic E-state index is 13.1. The van der Waals surface area contributed by atoms with Crippen LogP contribution in [-0.2, 0) is 11.8 Å². The highest BCUT2D eigenvalue weighted by Crippen LogP contribution is 2.29. The van der Waals surface area contributed by atoms with E-state index in [2.05, 4.69) is 15.5 Å². The first kappa shape index (κ1) is 20.4. The van der Waals surface area contributed by atoms with Gasteiger partial charge in [0.25, 0.3) is 0 Å². The number of hydrogen-bond donors (Lipinski definition) is 1. The van der Waals surface area contributed by atoms with Crippen molar-refractivity contribution >= 4 is 29.0 Å². The minimum Gasteiger partial charge on any atom is -0.344 e.